The summed E-state index contributed by atoms with van der Waals surface area (Å²) in [4.78, 5) is 12.8. The second kappa shape index (κ2) is 9.82. The number of ether oxygens (including phenoxy) is 2. The van der Waals surface area contributed by atoms with E-state index in [1.165, 1.54) is 36.0 Å². The molecule has 0 radical (unpaired) electrons. The molecule has 0 saturated carbocycles. The summed E-state index contributed by atoms with van der Waals surface area (Å²) in [6, 6.07) is 12.6. The van der Waals surface area contributed by atoms with Gasteiger partial charge in [-0.1, -0.05) is 38.1 Å². The van der Waals surface area contributed by atoms with Gasteiger partial charge >= 0.3 is 0 Å². The van der Waals surface area contributed by atoms with Crippen molar-refractivity contribution in [3.05, 3.63) is 58.7 Å². The van der Waals surface area contributed by atoms with E-state index in [4.69, 9.17) is 9.47 Å². The van der Waals surface area contributed by atoms with Crippen molar-refractivity contribution >= 4 is 5.91 Å². The number of carbonyl (C=O) groups excluding carboxylic acids is 1. The Balaban J connectivity index is 1.67. The maximum Gasteiger partial charge on any atom is 0.221 e. The zero-order valence-corrected chi connectivity index (χ0v) is 18.1. The molecule has 0 aromatic heterocycles. The Labute approximate surface area is 174 Å². The molecule has 0 saturated heterocycles. The number of fused-ring (bicyclic) bond motifs is 1. The quantitative estimate of drug-likeness (QED) is 0.656. The summed E-state index contributed by atoms with van der Waals surface area (Å²) in [7, 11) is 3.28. The number of amides is 1. The Morgan fingerprint density at radius 3 is 2.48 bits per heavy atom. The lowest BCUT2D eigenvalue weighted by molar-refractivity contribution is -0.122. The highest BCUT2D eigenvalue weighted by Gasteiger charge is 2.20. The van der Waals surface area contributed by atoms with Crippen LogP contribution in [0, 0.1) is 0 Å². The third kappa shape index (κ3) is 5.11. The highest BCUT2D eigenvalue weighted by molar-refractivity contribution is 5.77. The molecule has 29 heavy (non-hydrogen) atoms. The normalized spacial score (nSPS) is 15.2. The van der Waals surface area contributed by atoms with Crippen molar-refractivity contribution in [2.24, 2.45) is 0 Å². The first kappa shape index (κ1) is 21.2. The summed E-state index contributed by atoms with van der Waals surface area (Å²) in [5, 5.41) is 3.25. The van der Waals surface area contributed by atoms with Crippen molar-refractivity contribution < 1.29 is 14.3 Å². The molecule has 1 amide bonds. The van der Waals surface area contributed by atoms with Crippen molar-refractivity contribution in [3.63, 3.8) is 0 Å². The van der Waals surface area contributed by atoms with Crippen molar-refractivity contribution in [2.45, 2.75) is 64.3 Å². The number of hydrogen-bond acceptors (Lipinski definition) is 3. The molecule has 2 aromatic carbocycles. The summed E-state index contributed by atoms with van der Waals surface area (Å²) in [6.07, 6.45) is 6.19. The number of aryl methyl sites for hydroxylation is 2. The number of benzene rings is 2. The van der Waals surface area contributed by atoms with Gasteiger partial charge in [-0.3, -0.25) is 4.79 Å². The molecule has 0 aliphatic heterocycles. The summed E-state index contributed by atoms with van der Waals surface area (Å²) < 4.78 is 10.8. The van der Waals surface area contributed by atoms with E-state index in [2.05, 4.69) is 37.4 Å². The van der Waals surface area contributed by atoms with Crippen molar-refractivity contribution in [1.29, 1.82) is 0 Å². The van der Waals surface area contributed by atoms with Gasteiger partial charge in [-0.2, -0.15) is 0 Å². The van der Waals surface area contributed by atoms with Crippen LogP contribution in [0.3, 0.4) is 0 Å². The maximum absolute atomic E-state index is 12.8. The van der Waals surface area contributed by atoms with Crippen LogP contribution in [0.15, 0.2) is 36.4 Å². The molecule has 1 N–H and O–H groups in total. The first-order valence-electron chi connectivity index (χ1n) is 10.7. The monoisotopic (exact) mass is 395 g/mol. The van der Waals surface area contributed by atoms with Crippen LogP contribution in [0.1, 0.15) is 73.7 Å². The van der Waals surface area contributed by atoms with Gasteiger partial charge in [-0.15, -0.1) is 0 Å². The molecule has 156 valence electrons. The molecule has 2 atom stereocenters. The zero-order chi connectivity index (χ0) is 20.8. The van der Waals surface area contributed by atoms with Gasteiger partial charge < -0.3 is 14.8 Å². The van der Waals surface area contributed by atoms with E-state index < -0.39 is 0 Å². The fourth-order valence-electron chi connectivity index (χ4n) is 4.26. The first-order chi connectivity index (χ1) is 14.0. The highest BCUT2D eigenvalue weighted by Crippen LogP contribution is 2.32. The van der Waals surface area contributed by atoms with Crippen LogP contribution >= 0.6 is 0 Å². The lowest BCUT2D eigenvalue weighted by atomic mass is 9.88. The fourth-order valence-corrected chi connectivity index (χ4v) is 4.26. The average molecular weight is 396 g/mol. The molecule has 0 bridgehead atoms. The van der Waals surface area contributed by atoms with Crippen LogP contribution in [-0.2, 0) is 17.6 Å². The standard InChI is InChI=1S/C25H33NO3/c1-5-23(20-11-10-18-8-6-7-9-19(18)15-20)26-25(27)14-17(2)22-13-12-21(28-3)16-24(22)29-4/h10-13,15-17,23H,5-9,14H2,1-4H3,(H,26,27). The Kier molecular flexibility index (Phi) is 7.18. The third-order valence-electron chi connectivity index (χ3n) is 5.98. The molecule has 0 heterocycles. The van der Waals surface area contributed by atoms with E-state index >= 15 is 0 Å². The number of hydrogen-bond donors (Lipinski definition) is 1. The van der Waals surface area contributed by atoms with Gasteiger partial charge in [-0.25, -0.2) is 0 Å². The average Bonchev–Trinajstić information content (AvgIpc) is 2.76. The van der Waals surface area contributed by atoms with Crippen LogP contribution in [-0.4, -0.2) is 20.1 Å². The number of carbonyl (C=O) groups is 1. The molecule has 4 nitrogen and oxygen atoms in total. The van der Waals surface area contributed by atoms with Crippen molar-refractivity contribution in [3.8, 4) is 11.5 Å². The van der Waals surface area contributed by atoms with Crippen molar-refractivity contribution in [1.82, 2.24) is 5.32 Å². The fraction of sp³-hybridized carbons (Fsp3) is 0.480. The minimum atomic E-state index is 0.0527. The molecule has 1 aliphatic rings. The minimum Gasteiger partial charge on any atom is -0.497 e. The van der Waals surface area contributed by atoms with Gasteiger partial charge in [0.15, 0.2) is 0 Å². The maximum atomic E-state index is 12.8. The Hall–Kier alpha value is -2.49. The second-order valence-electron chi connectivity index (χ2n) is 7.98. The van der Waals surface area contributed by atoms with E-state index in [0.717, 1.165) is 29.9 Å². The van der Waals surface area contributed by atoms with E-state index in [-0.39, 0.29) is 17.9 Å². The van der Waals surface area contributed by atoms with Gasteiger partial charge in [0.25, 0.3) is 0 Å². The van der Waals surface area contributed by atoms with Crippen LogP contribution in [0.25, 0.3) is 0 Å². The molecule has 2 aromatic rings. The lowest BCUT2D eigenvalue weighted by Gasteiger charge is -2.23. The van der Waals surface area contributed by atoms with Crippen LogP contribution in [0.4, 0.5) is 0 Å². The van der Waals surface area contributed by atoms with Gasteiger partial charge in [0.05, 0.1) is 20.3 Å². The van der Waals surface area contributed by atoms with Gasteiger partial charge in [0.1, 0.15) is 11.5 Å². The largest absolute Gasteiger partial charge is 0.497 e. The molecule has 2 unspecified atom stereocenters. The molecule has 0 spiro atoms. The summed E-state index contributed by atoms with van der Waals surface area (Å²) in [5.74, 6) is 1.63. The molecular weight excluding hydrogens is 362 g/mol. The Morgan fingerprint density at radius 2 is 1.79 bits per heavy atom. The molecular formula is C25H33NO3. The summed E-state index contributed by atoms with van der Waals surface area (Å²) in [5.41, 5.74) is 5.17. The van der Waals surface area contributed by atoms with Gasteiger partial charge in [0.2, 0.25) is 5.91 Å². The zero-order valence-electron chi connectivity index (χ0n) is 18.1. The molecule has 3 rings (SSSR count). The predicted octanol–water partition coefficient (Wildman–Crippen LogP) is 5.34. The molecule has 4 heteroatoms. The van der Waals surface area contributed by atoms with E-state index in [9.17, 15) is 4.79 Å². The van der Waals surface area contributed by atoms with E-state index in [1.54, 1.807) is 14.2 Å². The number of methoxy groups -OCH3 is 2. The predicted molar refractivity (Wildman–Crippen MR) is 117 cm³/mol. The molecule has 1 aliphatic carbocycles. The van der Waals surface area contributed by atoms with Crippen LogP contribution in [0.5, 0.6) is 11.5 Å². The number of nitrogens with one attached hydrogen (secondary N) is 1. The topological polar surface area (TPSA) is 47.6 Å². The third-order valence-corrected chi connectivity index (χ3v) is 5.98. The summed E-state index contributed by atoms with van der Waals surface area (Å²) >= 11 is 0. The SMILES string of the molecule is CCC(NC(=O)CC(C)c1ccc(OC)cc1OC)c1ccc2c(c1)CCCC2. The smallest absolute Gasteiger partial charge is 0.221 e. The summed E-state index contributed by atoms with van der Waals surface area (Å²) in [6.45, 7) is 4.18. The first-order valence-corrected chi connectivity index (χ1v) is 10.7. The number of rotatable bonds is 8. The molecule has 0 fully saturated rings. The van der Waals surface area contributed by atoms with Crippen molar-refractivity contribution in [2.75, 3.05) is 14.2 Å². The lowest BCUT2D eigenvalue weighted by Crippen LogP contribution is -2.29. The van der Waals surface area contributed by atoms with Gasteiger partial charge in [-0.05, 0) is 66.3 Å². The van der Waals surface area contributed by atoms with Gasteiger partial charge in [0, 0.05) is 12.5 Å². The Morgan fingerprint density at radius 1 is 1.03 bits per heavy atom. The minimum absolute atomic E-state index is 0.0527. The van der Waals surface area contributed by atoms with E-state index in [0.29, 0.717) is 6.42 Å². The van der Waals surface area contributed by atoms with Crippen LogP contribution < -0.4 is 14.8 Å². The van der Waals surface area contributed by atoms with E-state index in [1.807, 2.05) is 18.2 Å². The highest BCUT2D eigenvalue weighted by atomic mass is 16.5. The Bertz CT molecular complexity index is 846. The van der Waals surface area contributed by atoms with Crippen LogP contribution in [0.2, 0.25) is 0 Å². The second-order valence-corrected chi connectivity index (χ2v) is 7.98.